The van der Waals surface area contributed by atoms with Crippen LogP contribution in [0.4, 0.5) is 0 Å². The molecule has 1 aliphatic rings. The summed E-state index contributed by atoms with van der Waals surface area (Å²) >= 11 is 2.04. The first-order chi connectivity index (χ1) is 10.8. The summed E-state index contributed by atoms with van der Waals surface area (Å²) in [4.78, 5) is 23.3. The van der Waals surface area contributed by atoms with Gasteiger partial charge in [0.25, 0.3) is 0 Å². The molecule has 0 aliphatic carbocycles. The van der Waals surface area contributed by atoms with E-state index in [0.717, 1.165) is 45.2 Å². The van der Waals surface area contributed by atoms with Gasteiger partial charge in [0.05, 0.1) is 6.61 Å². The van der Waals surface area contributed by atoms with E-state index in [1.165, 1.54) is 0 Å². The largest absolute Gasteiger partial charge is 0.465 e. The van der Waals surface area contributed by atoms with Gasteiger partial charge in [0.15, 0.2) is 0 Å². The lowest BCUT2D eigenvalue weighted by Gasteiger charge is -2.36. The number of hydrogen-bond donors (Lipinski definition) is 1. The van der Waals surface area contributed by atoms with Gasteiger partial charge < -0.3 is 14.8 Å². The fourth-order valence-corrected chi connectivity index (χ4v) is 2.96. The van der Waals surface area contributed by atoms with Gasteiger partial charge in [0.1, 0.15) is 9.53 Å². The van der Waals surface area contributed by atoms with E-state index in [1.807, 2.05) is 43.4 Å². The number of esters is 2. The molecule has 0 radical (unpaired) electrons. The minimum atomic E-state index is -0.384. The van der Waals surface area contributed by atoms with Gasteiger partial charge >= 0.3 is 11.9 Å². The molecule has 0 bridgehead atoms. The van der Waals surface area contributed by atoms with Crippen molar-refractivity contribution in [3.8, 4) is 0 Å². The number of rotatable bonds is 9. The maximum Gasteiger partial charge on any atom is 0.318 e. The van der Waals surface area contributed by atoms with Crippen LogP contribution in [0.25, 0.3) is 0 Å². The van der Waals surface area contributed by atoms with Crippen molar-refractivity contribution in [2.24, 2.45) is 5.92 Å². The van der Waals surface area contributed by atoms with Crippen molar-refractivity contribution in [3.63, 3.8) is 0 Å². The molecule has 0 spiro atoms. The molecule has 0 saturated carbocycles. The van der Waals surface area contributed by atoms with Gasteiger partial charge in [-0.2, -0.15) is 0 Å². The molecule has 0 aromatic rings. The molecule has 1 aliphatic heterocycles. The van der Waals surface area contributed by atoms with Gasteiger partial charge in [-0.1, -0.05) is 22.6 Å². The Balaban J connectivity index is 2.13. The third-order valence-electron chi connectivity index (χ3n) is 4.29. The smallest absolute Gasteiger partial charge is 0.318 e. The SMILES string of the molecule is CC(I)C(=O)OCCCCCC(=O)OC(C)(C)C1CCNCC1. The second kappa shape index (κ2) is 10.5. The fourth-order valence-electron chi connectivity index (χ4n) is 2.78. The van der Waals surface area contributed by atoms with Crippen LogP contribution in [0.3, 0.4) is 0 Å². The highest BCUT2D eigenvalue weighted by atomic mass is 127. The highest BCUT2D eigenvalue weighted by Gasteiger charge is 2.33. The number of ether oxygens (including phenoxy) is 2. The lowest BCUT2D eigenvalue weighted by atomic mass is 9.83. The summed E-state index contributed by atoms with van der Waals surface area (Å²) in [6, 6.07) is 0. The third-order valence-corrected chi connectivity index (χ3v) is 4.80. The van der Waals surface area contributed by atoms with Crippen molar-refractivity contribution in [1.82, 2.24) is 5.32 Å². The van der Waals surface area contributed by atoms with Crippen molar-refractivity contribution in [2.75, 3.05) is 19.7 Å². The fraction of sp³-hybridized carbons (Fsp3) is 0.882. The van der Waals surface area contributed by atoms with Gasteiger partial charge in [-0.05, 0) is 66.0 Å². The van der Waals surface area contributed by atoms with Gasteiger partial charge in [0, 0.05) is 12.3 Å². The van der Waals surface area contributed by atoms with Gasteiger partial charge in [-0.3, -0.25) is 9.59 Å². The van der Waals surface area contributed by atoms with Crippen LogP contribution < -0.4 is 5.32 Å². The van der Waals surface area contributed by atoms with Gasteiger partial charge in [0.2, 0.25) is 0 Å². The second-order valence-corrected chi connectivity index (χ2v) is 8.56. The topological polar surface area (TPSA) is 64.6 Å². The van der Waals surface area contributed by atoms with Crippen LogP contribution in [0, 0.1) is 5.92 Å². The summed E-state index contributed by atoms with van der Waals surface area (Å²) in [5.74, 6) is 0.141. The Morgan fingerprint density at radius 3 is 2.48 bits per heavy atom. The number of alkyl halides is 1. The summed E-state index contributed by atoms with van der Waals surface area (Å²) < 4.78 is 10.7. The predicted molar refractivity (Wildman–Crippen MR) is 98.7 cm³/mol. The average Bonchev–Trinajstić information content (AvgIpc) is 2.50. The Morgan fingerprint density at radius 1 is 1.22 bits per heavy atom. The first kappa shape index (κ1) is 20.7. The van der Waals surface area contributed by atoms with Gasteiger partial charge in [-0.25, -0.2) is 0 Å². The van der Waals surface area contributed by atoms with E-state index in [-0.39, 0.29) is 21.5 Å². The van der Waals surface area contributed by atoms with Crippen LogP contribution >= 0.6 is 22.6 Å². The number of carbonyl (C=O) groups is 2. The van der Waals surface area contributed by atoms with Crippen molar-refractivity contribution in [1.29, 1.82) is 0 Å². The molecule has 5 nitrogen and oxygen atoms in total. The summed E-state index contributed by atoms with van der Waals surface area (Å²) in [6.45, 7) is 8.28. The molecular formula is C17H30INO4. The summed E-state index contributed by atoms with van der Waals surface area (Å²) in [5, 5.41) is 3.33. The Morgan fingerprint density at radius 2 is 1.87 bits per heavy atom. The van der Waals surface area contributed by atoms with Crippen LogP contribution in [-0.2, 0) is 19.1 Å². The minimum absolute atomic E-state index is 0.111. The first-order valence-electron chi connectivity index (χ1n) is 8.56. The molecule has 23 heavy (non-hydrogen) atoms. The molecule has 134 valence electrons. The lowest BCUT2D eigenvalue weighted by molar-refractivity contribution is -0.163. The van der Waals surface area contributed by atoms with Crippen LogP contribution in [0.2, 0.25) is 0 Å². The first-order valence-corrected chi connectivity index (χ1v) is 9.81. The molecule has 1 unspecified atom stereocenters. The zero-order chi connectivity index (χ0) is 17.3. The van der Waals surface area contributed by atoms with E-state index in [9.17, 15) is 9.59 Å². The Labute approximate surface area is 153 Å². The highest BCUT2D eigenvalue weighted by Crippen LogP contribution is 2.29. The average molecular weight is 439 g/mol. The maximum atomic E-state index is 12.0. The number of halogens is 1. The predicted octanol–water partition coefficient (Wildman–Crippen LogP) is 3.23. The van der Waals surface area contributed by atoms with Crippen LogP contribution in [-0.4, -0.2) is 41.2 Å². The number of carbonyl (C=O) groups excluding carboxylic acids is 2. The maximum absolute atomic E-state index is 12.0. The van der Waals surface area contributed by atoms with Crippen LogP contribution in [0.5, 0.6) is 0 Å². The lowest BCUT2D eigenvalue weighted by Crippen LogP contribution is -2.42. The zero-order valence-corrected chi connectivity index (χ0v) is 16.7. The van der Waals surface area contributed by atoms with Gasteiger partial charge in [-0.15, -0.1) is 0 Å². The van der Waals surface area contributed by atoms with E-state index >= 15 is 0 Å². The normalized spacial score (nSPS) is 17.6. The third kappa shape index (κ3) is 8.33. The van der Waals surface area contributed by atoms with Crippen LogP contribution in [0.1, 0.15) is 59.3 Å². The van der Waals surface area contributed by atoms with E-state index in [2.05, 4.69) is 5.32 Å². The number of unbranched alkanes of at least 4 members (excludes halogenated alkanes) is 2. The second-order valence-electron chi connectivity index (χ2n) is 6.70. The molecule has 6 heteroatoms. The van der Waals surface area contributed by atoms with Crippen LogP contribution in [0.15, 0.2) is 0 Å². The molecule has 1 heterocycles. The Hall–Kier alpha value is -0.370. The highest BCUT2D eigenvalue weighted by molar-refractivity contribution is 14.1. The van der Waals surface area contributed by atoms with Crippen molar-refractivity contribution in [3.05, 3.63) is 0 Å². The molecule has 0 amide bonds. The Bertz CT molecular complexity index is 379. The van der Waals surface area contributed by atoms with E-state index in [4.69, 9.17) is 9.47 Å². The standard InChI is InChI=1S/C17H30INO4/c1-13(18)16(21)22-12-6-4-5-7-15(20)23-17(2,3)14-8-10-19-11-9-14/h13-14,19H,4-12H2,1-3H3. The molecule has 1 saturated heterocycles. The van der Waals surface area contributed by atoms with E-state index < -0.39 is 0 Å². The summed E-state index contributed by atoms with van der Waals surface area (Å²) in [6.07, 6.45) is 4.98. The number of hydrogen-bond acceptors (Lipinski definition) is 5. The molecular weight excluding hydrogens is 409 g/mol. The number of nitrogens with one attached hydrogen (secondary N) is 1. The molecule has 1 rings (SSSR count). The minimum Gasteiger partial charge on any atom is -0.465 e. The van der Waals surface area contributed by atoms with E-state index in [0.29, 0.717) is 18.9 Å². The molecule has 1 atom stereocenters. The molecule has 0 aromatic heterocycles. The Kier molecular flexibility index (Phi) is 9.43. The van der Waals surface area contributed by atoms with E-state index in [1.54, 1.807) is 0 Å². The van der Waals surface area contributed by atoms with Crippen molar-refractivity contribution in [2.45, 2.75) is 68.8 Å². The quantitative estimate of drug-likeness (QED) is 0.259. The molecule has 1 N–H and O–H groups in total. The molecule has 1 fully saturated rings. The van der Waals surface area contributed by atoms with Crippen molar-refractivity contribution >= 4 is 34.5 Å². The number of piperidine rings is 1. The summed E-state index contributed by atoms with van der Waals surface area (Å²) in [7, 11) is 0. The van der Waals surface area contributed by atoms with Crippen molar-refractivity contribution < 1.29 is 19.1 Å². The molecule has 0 aromatic carbocycles. The summed E-state index contributed by atoms with van der Waals surface area (Å²) in [5.41, 5.74) is -0.384. The zero-order valence-electron chi connectivity index (χ0n) is 14.5. The monoisotopic (exact) mass is 439 g/mol.